The van der Waals surface area contributed by atoms with Crippen molar-refractivity contribution in [2.45, 2.75) is 6.42 Å². The summed E-state index contributed by atoms with van der Waals surface area (Å²) in [6.45, 7) is 3.55. The quantitative estimate of drug-likeness (QED) is 0.336. The molecule has 0 amide bonds. The van der Waals surface area contributed by atoms with Crippen molar-refractivity contribution < 1.29 is 14.5 Å². The lowest BCUT2D eigenvalue weighted by atomic mass is 10.3. The zero-order chi connectivity index (χ0) is 12.3. The van der Waals surface area contributed by atoms with Crippen molar-refractivity contribution in [3.63, 3.8) is 0 Å². The predicted octanol–water partition coefficient (Wildman–Crippen LogP) is 1.45. The molecular formula is C10H12N2O4. The van der Waals surface area contributed by atoms with Crippen LogP contribution in [0, 0.1) is 10.1 Å². The summed E-state index contributed by atoms with van der Waals surface area (Å²) in [6.07, 6.45) is 2.06. The number of nitrogens with zero attached hydrogens (tertiary/aromatic N) is 2. The highest BCUT2D eigenvalue weighted by atomic mass is 16.6. The minimum absolute atomic E-state index is 0.0515. The normalized spacial score (nSPS) is 9.88. The number of hydrogen-bond donors (Lipinski definition) is 0. The number of esters is 1. The van der Waals surface area contributed by atoms with Gasteiger partial charge in [-0.1, -0.05) is 6.08 Å². The van der Waals surface area contributed by atoms with Gasteiger partial charge in [-0.3, -0.25) is 10.1 Å². The molecule has 0 aliphatic rings. The Morgan fingerprint density at radius 2 is 2.38 bits per heavy atom. The number of hydrogen-bond acceptors (Lipinski definition) is 4. The maximum Gasteiger partial charge on any atom is 0.361 e. The number of rotatable bonds is 4. The minimum Gasteiger partial charge on any atom is -0.464 e. The van der Waals surface area contributed by atoms with Crippen LogP contribution < -0.4 is 0 Å². The Balaban J connectivity index is 3.36. The number of aromatic nitrogens is 1. The average molecular weight is 224 g/mol. The molecule has 0 saturated heterocycles. The molecule has 0 aliphatic carbocycles. The van der Waals surface area contributed by atoms with Gasteiger partial charge in [0.2, 0.25) is 5.69 Å². The van der Waals surface area contributed by atoms with Crippen molar-refractivity contribution in [2.24, 2.45) is 7.05 Å². The number of methoxy groups -OCH3 is 1. The highest BCUT2D eigenvalue weighted by molar-refractivity contribution is 5.92. The second-order valence-corrected chi connectivity index (χ2v) is 3.17. The van der Waals surface area contributed by atoms with Crippen molar-refractivity contribution in [1.82, 2.24) is 4.57 Å². The van der Waals surface area contributed by atoms with Crippen LogP contribution in [0.5, 0.6) is 0 Å². The first-order valence-electron chi connectivity index (χ1n) is 4.55. The summed E-state index contributed by atoms with van der Waals surface area (Å²) in [6, 6.07) is 1.36. The third kappa shape index (κ3) is 1.95. The first-order valence-corrected chi connectivity index (χ1v) is 4.55. The van der Waals surface area contributed by atoms with Crippen molar-refractivity contribution in [1.29, 1.82) is 0 Å². The fourth-order valence-corrected chi connectivity index (χ4v) is 1.46. The number of allylic oxidation sites excluding steroid dienone is 1. The van der Waals surface area contributed by atoms with E-state index in [2.05, 4.69) is 11.3 Å². The van der Waals surface area contributed by atoms with Gasteiger partial charge in [0.05, 0.1) is 12.0 Å². The van der Waals surface area contributed by atoms with E-state index in [0.717, 1.165) is 0 Å². The van der Waals surface area contributed by atoms with Crippen LogP contribution in [-0.4, -0.2) is 22.6 Å². The third-order valence-corrected chi connectivity index (χ3v) is 2.24. The second kappa shape index (κ2) is 4.61. The van der Waals surface area contributed by atoms with Gasteiger partial charge >= 0.3 is 11.7 Å². The van der Waals surface area contributed by atoms with Gasteiger partial charge in [-0.05, 0) is 0 Å². The fraction of sp³-hybridized carbons (Fsp3) is 0.300. The first-order chi connectivity index (χ1) is 7.52. The van der Waals surface area contributed by atoms with Gasteiger partial charge in [-0.15, -0.1) is 6.58 Å². The summed E-state index contributed by atoms with van der Waals surface area (Å²) in [5.41, 5.74) is 0.345. The van der Waals surface area contributed by atoms with E-state index in [4.69, 9.17) is 0 Å². The Bertz CT molecular complexity index is 448. The van der Waals surface area contributed by atoms with Crippen LogP contribution in [0.15, 0.2) is 18.7 Å². The molecule has 0 aromatic carbocycles. The zero-order valence-electron chi connectivity index (χ0n) is 9.10. The number of ether oxygens (including phenoxy) is 1. The van der Waals surface area contributed by atoms with Crippen LogP contribution in [-0.2, 0) is 18.2 Å². The van der Waals surface area contributed by atoms with E-state index in [1.807, 2.05) is 0 Å². The molecule has 6 heteroatoms. The van der Waals surface area contributed by atoms with E-state index in [-0.39, 0.29) is 11.4 Å². The SMILES string of the molecule is C=CCc1cc([N+](=O)[O-])c(C(=O)OC)n1C. The van der Waals surface area contributed by atoms with Crippen molar-refractivity contribution >= 4 is 11.7 Å². The smallest absolute Gasteiger partial charge is 0.361 e. The van der Waals surface area contributed by atoms with Gasteiger partial charge in [-0.2, -0.15) is 0 Å². The monoisotopic (exact) mass is 224 g/mol. The number of carbonyl (C=O) groups excluding carboxylic acids is 1. The van der Waals surface area contributed by atoms with E-state index in [9.17, 15) is 14.9 Å². The summed E-state index contributed by atoms with van der Waals surface area (Å²) in [7, 11) is 2.77. The third-order valence-electron chi connectivity index (χ3n) is 2.24. The van der Waals surface area contributed by atoms with E-state index < -0.39 is 10.9 Å². The molecule has 0 atom stereocenters. The van der Waals surface area contributed by atoms with E-state index in [0.29, 0.717) is 12.1 Å². The maximum atomic E-state index is 11.4. The van der Waals surface area contributed by atoms with E-state index >= 15 is 0 Å². The van der Waals surface area contributed by atoms with Crippen LogP contribution in [0.3, 0.4) is 0 Å². The summed E-state index contributed by atoms with van der Waals surface area (Å²) in [5, 5.41) is 10.8. The molecule has 0 spiro atoms. The van der Waals surface area contributed by atoms with Crippen LogP contribution in [0.1, 0.15) is 16.2 Å². The fourth-order valence-electron chi connectivity index (χ4n) is 1.46. The second-order valence-electron chi connectivity index (χ2n) is 3.17. The summed E-state index contributed by atoms with van der Waals surface area (Å²) < 4.78 is 5.96. The Labute approximate surface area is 92.3 Å². The molecule has 1 rings (SSSR count). The molecule has 0 unspecified atom stereocenters. The van der Waals surface area contributed by atoms with E-state index in [1.54, 1.807) is 13.1 Å². The lowest BCUT2D eigenvalue weighted by Gasteiger charge is -2.03. The average Bonchev–Trinajstić information content (AvgIpc) is 2.56. The largest absolute Gasteiger partial charge is 0.464 e. The number of carbonyl (C=O) groups is 1. The van der Waals surface area contributed by atoms with Crippen LogP contribution in [0.25, 0.3) is 0 Å². The molecule has 1 heterocycles. The molecule has 0 bridgehead atoms. The van der Waals surface area contributed by atoms with Gasteiger partial charge in [0.1, 0.15) is 0 Å². The Morgan fingerprint density at radius 1 is 1.75 bits per heavy atom. The lowest BCUT2D eigenvalue weighted by Crippen LogP contribution is -2.11. The standard InChI is InChI=1S/C10H12N2O4/c1-4-5-7-6-8(12(14)15)9(11(7)2)10(13)16-3/h4,6H,1,5H2,2-3H3. The molecule has 16 heavy (non-hydrogen) atoms. The Morgan fingerprint density at radius 3 is 2.81 bits per heavy atom. The lowest BCUT2D eigenvalue weighted by molar-refractivity contribution is -0.385. The molecule has 0 fully saturated rings. The van der Waals surface area contributed by atoms with Crippen LogP contribution >= 0.6 is 0 Å². The summed E-state index contributed by atoms with van der Waals surface area (Å²) in [5.74, 6) is -0.718. The van der Waals surface area contributed by atoms with Crippen molar-refractivity contribution in [3.05, 3.63) is 40.2 Å². The van der Waals surface area contributed by atoms with Gasteiger partial charge in [0, 0.05) is 25.2 Å². The molecule has 86 valence electrons. The van der Waals surface area contributed by atoms with Gasteiger partial charge in [0.25, 0.3) is 0 Å². The maximum absolute atomic E-state index is 11.4. The minimum atomic E-state index is -0.718. The Hall–Kier alpha value is -2.11. The predicted molar refractivity (Wildman–Crippen MR) is 57.3 cm³/mol. The van der Waals surface area contributed by atoms with Crippen LogP contribution in [0.2, 0.25) is 0 Å². The highest BCUT2D eigenvalue weighted by Crippen LogP contribution is 2.24. The summed E-state index contributed by atoms with van der Waals surface area (Å²) in [4.78, 5) is 21.6. The van der Waals surface area contributed by atoms with E-state index in [1.165, 1.54) is 17.7 Å². The molecule has 6 nitrogen and oxygen atoms in total. The summed E-state index contributed by atoms with van der Waals surface area (Å²) >= 11 is 0. The molecule has 0 radical (unpaired) electrons. The molecule has 0 aliphatic heterocycles. The van der Waals surface area contributed by atoms with Gasteiger partial charge in [-0.25, -0.2) is 4.79 Å². The molecule has 0 N–H and O–H groups in total. The van der Waals surface area contributed by atoms with Crippen molar-refractivity contribution in [3.8, 4) is 0 Å². The van der Waals surface area contributed by atoms with Gasteiger partial charge in [0.15, 0.2) is 0 Å². The molecule has 0 saturated carbocycles. The van der Waals surface area contributed by atoms with Crippen molar-refractivity contribution in [2.75, 3.05) is 7.11 Å². The number of nitro groups is 1. The first kappa shape index (κ1) is 12.0. The Kier molecular flexibility index (Phi) is 3.44. The molecule has 1 aromatic heterocycles. The highest BCUT2D eigenvalue weighted by Gasteiger charge is 2.27. The molecular weight excluding hydrogens is 212 g/mol. The van der Waals surface area contributed by atoms with Gasteiger partial charge < -0.3 is 9.30 Å². The molecule has 1 aromatic rings. The van der Waals surface area contributed by atoms with Crippen LogP contribution in [0.4, 0.5) is 5.69 Å². The zero-order valence-corrected chi connectivity index (χ0v) is 9.10. The topological polar surface area (TPSA) is 74.4 Å².